The first-order valence-corrected chi connectivity index (χ1v) is 5.36. The Hall–Kier alpha value is -1.41. The Labute approximate surface area is 87.4 Å². The van der Waals surface area contributed by atoms with Gasteiger partial charge in [0.25, 0.3) is 0 Å². The average Bonchev–Trinajstić information content (AvgIpc) is 2.60. The van der Waals surface area contributed by atoms with E-state index in [0.717, 1.165) is 5.00 Å². The predicted molar refractivity (Wildman–Crippen MR) is 64.8 cm³/mol. The molecule has 0 saturated heterocycles. The van der Waals surface area contributed by atoms with Gasteiger partial charge in [-0.05, 0) is 30.5 Å². The maximum Gasteiger partial charge on any atom is 0.117 e. The SMILES string of the molecule is C/C=C/C=N/c1cc2ccccc2s1. The largest absolute Gasteiger partial charge is 0.246 e. The second-order valence-corrected chi connectivity index (χ2v) is 3.99. The molecule has 0 aliphatic heterocycles. The van der Waals surface area contributed by atoms with E-state index in [9.17, 15) is 0 Å². The van der Waals surface area contributed by atoms with Gasteiger partial charge in [-0.25, -0.2) is 4.99 Å². The molecule has 0 spiro atoms. The zero-order valence-electron chi connectivity index (χ0n) is 7.97. The number of thiophene rings is 1. The van der Waals surface area contributed by atoms with Gasteiger partial charge < -0.3 is 0 Å². The summed E-state index contributed by atoms with van der Waals surface area (Å²) in [5, 5.41) is 2.33. The van der Waals surface area contributed by atoms with Crippen molar-refractivity contribution in [3.05, 3.63) is 42.5 Å². The lowest BCUT2D eigenvalue weighted by Crippen LogP contribution is -1.58. The smallest absolute Gasteiger partial charge is 0.117 e. The number of benzene rings is 1. The third-order valence-corrected chi connectivity index (χ3v) is 2.92. The van der Waals surface area contributed by atoms with Crippen LogP contribution in [0.3, 0.4) is 0 Å². The van der Waals surface area contributed by atoms with E-state index in [4.69, 9.17) is 0 Å². The number of aliphatic imine (C=N–C) groups is 1. The molecule has 0 saturated carbocycles. The number of fused-ring (bicyclic) bond motifs is 1. The van der Waals surface area contributed by atoms with Crippen molar-refractivity contribution >= 4 is 32.6 Å². The normalized spacial score (nSPS) is 12.1. The van der Waals surface area contributed by atoms with E-state index in [0.29, 0.717) is 0 Å². The fourth-order valence-corrected chi connectivity index (χ4v) is 2.15. The van der Waals surface area contributed by atoms with E-state index in [1.165, 1.54) is 10.1 Å². The van der Waals surface area contributed by atoms with Gasteiger partial charge in [-0.3, -0.25) is 0 Å². The highest BCUT2D eigenvalue weighted by molar-refractivity contribution is 7.22. The fraction of sp³-hybridized carbons (Fsp3) is 0.0833. The van der Waals surface area contributed by atoms with E-state index >= 15 is 0 Å². The van der Waals surface area contributed by atoms with Crippen molar-refractivity contribution in [1.29, 1.82) is 0 Å². The molecule has 0 amide bonds. The van der Waals surface area contributed by atoms with Crippen molar-refractivity contribution in [2.45, 2.75) is 6.92 Å². The Balaban J connectivity index is 2.35. The lowest BCUT2D eigenvalue weighted by Gasteiger charge is -1.81. The molecule has 0 atom stereocenters. The summed E-state index contributed by atoms with van der Waals surface area (Å²) in [7, 11) is 0. The Morgan fingerprint density at radius 3 is 2.93 bits per heavy atom. The van der Waals surface area contributed by atoms with Gasteiger partial charge in [-0.2, -0.15) is 0 Å². The van der Waals surface area contributed by atoms with Crippen molar-refractivity contribution < 1.29 is 0 Å². The molecule has 0 bridgehead atoms. The van der Waals surface area contributed by atoms with E-state index < -0.39 is 0 Å². The van der Waals surface area contributed by atoms with Crippen LogP contribution in [-0.4, -0.2) is 6.21 Å². The highest BCUT2D eigenvalue weighted by atomic mass is 32.1. The van der Waals surface area contributed by atoms with E-state index in [2.05, 4.69) is 35.3 Å². The Morgan fingerprint density at radius 2 is 2.14 bits per heavy atom. The summed E-state index contributed by atoms with van der Waals surface area (Å²) in [5.74, 6) is 0. The lowest BCUT2D eigenvalue weighted by molar-refractivity contribution is 1.66. The highest BCUT2D eigenvalue weighted by Crippen LogP contribution is 2.31. The molecule has 0 unspecified atom stereocenters. The van der Waals surface area contributed by atoms with Crippen LogP contribution in [0.5, 0.6) is 0 Å². The van der Waals surface area contributed by atoms with Crippen molar-refractivity contribution in [2.24, 2.45) is 4.99 Å². The fourth-order valence-electron chi connectivity index (χ4n) is 1.23. The molecule has 2 heteroatoms. The molecule has 70 valence electrons. The molecular weight excluding hydrogens is 190 g/mol. The quantitative estimate of drug-likeness (QED) is 0.646. The predicted octanol–water partition coefficient (Wildman–Crippen LogP) is 4.18. The zero-order chi connectivity index (χ0) is 9.80. The van der Waals surface area contributed by atoms with Gasteiger partial charge in [-0.15, -0.1) is 11.3 Å². The molecular formula is C12H11NS. The maximum absolute atomic E-state index is 4.34. The Bertz CT molecular complexity index is 447. The summed E-state index contributed by atoms with van der Waals surface area (Å²) >= 11 is 1.72. The molecule has 0 fully saturated rings. The van der Waals surface area contributed by atoms with Gasteiger partial charge in [0.2, 0.25) is 0 Å². The maximum atomic E-state index is 4.34. The van der Waals surface area contributed by atoms with Gasteiger partial charge in [0, 0.05) is 10.9 Å². The number of rotatable bonds is 2. The highest BCUT2D eigenvalue weighted by Gasteiger charge is 1.97. The minimum absolute atomic E-state index is 1.06. The van der Waals surface area contributed by atoms with E-state index in [1.54, 1.807) is 11.3 Å². The average molecular weight is 201 g/mol. The summed E-state index contributed by atoms with van der Waals surface area (Å²) in [6, 6.07) is 10.4. The first-order chi connectivity index (χ1) is 6.90. The number of hydrogen-bond donors (Lipinski definition) is 0. The standard InChI is InChI=1S/C12H11NS/c1-2-3-8-13-12-9-10-6-4-5-7-11(10)14-12/h2-9H,1H3/b3-2+,13-8+. The molecule has 2 aromatic rings. The van der Waals surface area contributed by atoms with Crippen LogP contribution in [-0.2, 0) is 0 Å². The van der Waals surface area contributed by atoms with Gasteiger partial charge in [0.05, 0.1) is 0 Å². The third-order valence-electron chi connectivity index (χ3n) is 1.89. The van der Waals surface area contributed by atoms with Crippen LogP contribution in [0.2, 0.25) is 0 Å². The second kappa shape index (κ2) is 4.20. The molecule has 0 radical (unpaired) electrons. The van der Waals surface area contributed by atoms with Crippen molar-refractivity contribution in [3.8, 4) is 0 Å². The number of nitrogens with zero attached hydrogens (tertiary/aromatic N) is 1. The third kappa shape index (κ3) is 1.91. The van der Waals surface area contributed by atoms with Gasteiger partial charge in [0.15, 0.2) is 0 Å². The summed E-state index contributed by atoms with van der Waals surface area (Å²) < 4.78 is 1.29. The van der Waals surface area contributed by atoms with Crippen LogP contribution in [0, 0.1) is 0 Å². The summed E-state index contributed by atoms with van der Waals surface area (Å²) in [6.07, 6.45) is 5.73. The first kappa shape index (κ1) is 9.16. The molecule has 1 nitrogen and oxygen atoms in total. The topological polar surface area (TPSA) is 12.4 Å². The van der Waals surface area contributed by atoms with Crippen molar-refractivity contribution in [2.75, 3.05) is 0 Å². The van der Waals surface area contributed by atoms with Crippen LogP contribution in [0.1, 0.15) is 6.92 Å². The molecule has 0 N–H and O–H groups in total. The minimum Gasteiger partial charge on any atom is -0.246 e. The first-order valence-electron chi connectivity index (χ1n) is 4.54. The monoisotopic (exact) mass is 201 g/mol. The zero-order valence-corrected chi connectivity index (χ0v) is 8.79. The van der Waals surface area contributed by atoms with Crippen molar-refractivity contribution in [3.63, 3.8) is 0 Å². The molecule has 1 aromatic heterocycles. The van der Waals surface area contributed by atoms with Gasteiger partial charge in [-0.1, -0.05) is 24.3 Å². The molecule has 0 aliphatic rings. The van der Waals surface area contributed by atoms with Crippen LogP contribution in [0.4, 0.5) is 5.00 Å². The number of hydrogen-bond acceptors (Lipinski definition) is 2. The van der Waals surface area contributed by atoms with Crippen molar-refractivity contribution in [1.82, 2.24) is 0 Å². The van der Waals surface area contributed by atoms with Crippen LogP contribution >= 0.6 is 11.3 Å². The van der Waals surface area contributed by atoms with E-state index in [-0.39, 0.29) is 0 Å². The molecule has 14 heavy (non-hydrogen) atoms. The second-order valence-electron chi connectivity index (χ2n) is 2.93. The molecule has 1 heterocycles. The number of allylic oxidation sites excluding steroid dienone is 2. The Morgan fingerprint density at radius 1 is 1.29 bits per heavy atom. The summed E-state index contributed by atoms with van der Waals surface area (Å²) in [5.41, 5.74) is 0. The van der Waals surface area contributed by atoms with Crippen LogP contribution in [0.15, 0.2) is 47.5 Å². The minimum atomic E-state index is 1.06. The van der Waals surface area contributed by atoms with E-state index in [1.807, 2.05) is 25.3 Å². The molecule has 2 rings (SSSR count). The molecule has 1 aromatic carbocycles. The lowest BCUT2D eigenvalue weighted by atomic mass is 10.3. The van der Waals surface area contributed by atoms with Gasteiger partial charge in [0.1, 0.15) is 5.00 Å². The van der Waals surface area contributed by atoms with Crippen LogP contribution in [0.25, 0.3) is 10.1 Å². The summed E-state index contributed by atoms with van der Waals surface area (Å²) in [6.45, 7) is 1.98. The molecule has 0 aliphatic carbocycles. The van der Waals surface area contributed by atoms with Crippen LogP contribution < -0.4 is 0 Å². The van der Waals surface area contributed by atoms with Gasteiger partial charge >= 0.3 is 0 Å². The Kier molecular flexibility index (Phi) is 2.75. The summed E-state index contributed by atoms with van der Waals surface area (Å²) in [4.78, 5) is 4.34.